The summed E-state index contributed by atoms with van der Waals surface area (Å²) in [7, 11) is 0. The van der Waals surface area contributed by atoms with E-state index in [1.807, 2.05) is 0 Å². The third-order valence-corrected chi connectivity index (χ3v) is 2.91. The molecule has 1 saturated heterocycles. The van der Waals surface area contributed by atoms with Crippen LogP contribution in [-0.4, -0.2) is 63.1 Å². The quantitative estimate of drug-likeness (QED) is 0.437. The summed E-state index contributed by atoms with van der Waals surface area (Å²) >= 11 is 1.25. The van der Waals surface area contributed by atoms with E-state index in [0.717, 1.165) is 0 Å². The van der Waals surface area contributed by atoms with Crippen LogP contribution in [0.4, 0.5) is 0 Å². The Morgan fingerprint density at radius 1 is 1.38 bits per heavy atom. The lowest BCUT2D eigenvalue weighted by molar-refractivity contribution is -0.0713. The number of rotatable bonds is 3. The summed E-state index contributed by atoms with van der Waals surface area (Å²) in [5.41, 5.74) is -0.541. The summed E-state index contributed by atoms with van der Waals surface area (Å²) in [6.07, 6.45) is -2.48. The van der Waals surface area contributed by atoms with E-state index in [4.69, 9.17) is 9.84 Å². The standard InChI is InChI=1S/C7H14O5S/c1-13-7-5(11)4(10)6(12-7)3(9)2-8/h3-11H,2H2,1H3/t3-,4+,5+,6+,7-/m0/s1. The van der Waals surface area contributed by atoms with Crippen molar-refractivity contribution < 1.29 is 25.2 Å². The van der Waals surface area contributed by atoms with Gasteiger partial charge in [0.2, 0.25) is 0 Å². The smallest absolute Gasteiger partial charge is 0.132 e. The monoisotopic (exact) mass is 210 g/mol. The van der Waals surface area contributed by atoms with Crippen LogP contribution in [0.5, 0.6) is 0 Å². The average Bonchev–Trinajstić information content (AvgIpc) is 2.43. The van der Waals surface area contributed by atoms with E-state index < -0.39 is 36.5 Å². The number of thioether (sulfide) groups is 1. The van der Waals surface area contributed by atoms with Crippen molar-refractivity contribution >= 4 is 11.8 Å². The second-order valence-electron chi connectivity index (χ2n) is 2.94. The van der Waals surface area contributed by atoms with Crippen molar-refractivity contribution in [2.45, 2.75) is 29.9 Å². The molecule has 13 heavy (non-hydrogen) atoms. The van der Waals surface area contributed by atoms with Gasteiger partial charge in [-0.2, -0.15) is 0 Å². The molecule has 0 radical (unpaired) electrons. The molecule has 0 aromatic carbocycles. The van der Waals surface area contributed by atoms with Gasteiger partial charge in [-0.05, 0) is 6.26 Å². The van der Waals surface area contributed by atoms with E-state index in [-0.39, 0.29) is 0 Å². The molecule has 0 aromatic rings. The molecule has 6 heteroatoms. The van der Waals surface area contributed by atoms with Crippen molar-refractivity contribution in [2.24, 2.45) is 0 Å². The second-order valence-corrected chi connectivity index (χ2v) is 3.87. The number of ether oxygens (including phenoxy) is 1. The zero-order valence-corrected chi connectivity index (χ0v) is 8.02. The minimum absolute atomic E-state index is 0.491. The molecule has 78 valence electrons. The van der Waals surface area contributed by atoms with E-state index in [2.05, 4.69) is 0 Å². The van der Waals surface area contributed by atoms with Crippen LogP contribution in [0.1, 0.15) is 0 Å². The maximum atomic E-state index is 9.40. The minimum atomic E-state index is -1.15. The number of hydrogen-bond donors (Lipinski definition) is 4. The van der Waals surface area contributed by atoms with Crippen LogP contribution in [0, 0.1) is 0 Å². The summed E-state index contributed by atoms with van der Waals surface area (Å²) < 4.78 is 5.14. The van der Waals surface area contributed by atoms with Crippen LogP contribution < -0.4 is 0 Å². The first-order valence-electron chi connectivity index (χ1n) is 3.95. The van der Waals surface area contributed by atoms with Gasteiger partial charge in [-0.3, -0.25) is 0 Å². The van der Waals surface area contributed by atoms with Gasteiger partial charge in [-0.1, -0.05) is 0 Å². The van der Waals surface area contributed by atoms with Crippen LogP contribution in [0.15, 0.2) is 0 Å². The van der Waals surface area contributed by atoms with E-state index in [1.165, 1.54) is 11.8 Å². The summed E-state index contributed by atoms with van der Waals surface area (Å²) in [5.74, 6) is 0. The van der Waals surface area contributed by atoms with Gasteiger partial charge >= 0.3 is 0 Å². The first kappa shape index (κ1) is 11.2. The van der Waals surface area contributed by atoms with Crippen LogP contribution >= 0.6 is 11.8 Å². The maximum absolute atomic E-state index is 9.40. The first-order chi connectivity index (χ1) is 6.11. The van der Waals surface area contributed by atoms with Gasteiger partial charge in [0.1, 0.15) is 29.9 Å². The molecule has 1 heterocycles. The lowest BCUT2D eigenvalue weighted by Crippen LogP contribution is -2.40. The van der Waals surface area contributed by atoms with E-state index in [9.17, 15) is 15.3 Å². The molecule has 1 fully saturated rings. The summed E-state index contributed by atoms with van der Waals surface area (Å²) in [6.45, 7) is -0.491. The molecule has 5 atom stereocenters. The molecule has 0 bridgehead atoms. The van der Waals surface area contributed by atoms with Crippen LogP contribution in [0.3, 0.4) is 0 Å². The van der Waals surface area contributed by atoms with Gasteiger partial charge in [0.05, 0.1) is 6.61 Å². The van der Waals surface area contributed by atoms with Gasteiger partial charge in [0, 0.05) is 0 Å². The largest absolute Gasteiger partial charge is 0.394 e. The molecule has 0 amide bonds. The predicted molar refractivity (Wildman–Crippen MR) is 47.3 cm³/mol. The van der Waals surface area contributed by atoms with Gasteiger partial charge in [0.15, 0.2) is 0 Å². The van der Waals surface area contributed by atoms with Crippen molar-refractivity contribution in [1.29, 1.82) is 0 Å². The van der Waals surface area contributed by atoms with Crippen LogP contribution in [-0.2, 0) is 4.74 Å². The molecule has 0 saturated carbocycles. The topological polar surface area (TPSA) is 90.2 Å². The molecule has 0 aromatic heterocycles. The lowest BCUT2D eigenvalue weighted by Gasteiger charge is -2.18. The third-order valence-electron chi connectivity index (χ3n) is 2.06. The molecule has 1 rings (SSSR count). The van der Waals surface area contributed by atoms with Gasteiger partial charge in [-0.15, -0.1) is 11.8 Å². The number of hydrogen-bond acceptors (Lipinski definition) is 6. The Kier molecular flexibility index (Phi) is 3.96. The molecular formula is C7H14O5S. The highest BCUT2D eigenvalue weighted by molar-refractivity contribution is 7.99. The Balaban J connectivity index is 2.60. The highest BCUT2D eigenvalue weighted by atomic mass is 32.2. The highest BCUT2D eigenvalue weighted by Gasteiger charge is 2.45. The van der Waals surface area contributed by atoms with Gasteiger partial charge < -0.3 is 25.2 Å². The van der Waals surface area contributed by atoms with E-state index in [1.54, 1.807) is 6.26 Å². The molecule has 0 aliphatic carbocycles. The molecule has 4 N–H and O–H groups in total. The van der Waals surface area contributed by atoms with Crippen molar-refractivity contribution in [1.82, 2.24) is 0 Å². The maximum Gasteiger partial charge on any atom is 0.132 e. The Morgan fingerprint density at radius 3 is 2.38 bits per heavy atom. The fourth-order valence-corrected chi connectivity index (χ4v) is 1.97. The zero-order valence-electron chi connectivity index (χ0n) is 7.20. The van der Waals surface area contributed by atoms with Crippen molar-refractivity contribution in [3.05, 3.63) is 0 Å². The van der Waals surface area contributed by atoms with Crippen molar-refractivity contribution in [3.63, 3.8) is 0 Å². The van der Waals surface area contributed by atoms with Crippen molar-refractivity contribution in [3.8, 4) is 0 Å². The number of aliphatic hydroxyl groups excluding tert-OH is 4. The Labute approximate surface area is 80.3 Å². The third kappa shape index (κ3) is 2.15. The molecular weight excluding hydrogens is 196 g/mol. The molecule has 1 aliphatic heterocycles. The normalized spacial score (nSPS) is 42.2. The van der Waals surface area contributed by atoms with Crippen LogP contribution in [0.2, 0.25) is 0 Å². The highest BCUT2D eigenvalue weighted by Crippen LogP contribution is 2.29. The molecule has 0 unspecified atom stereocenters. The summed E-state index contributed by atoms with van der Waals surface area (Å²) in [5, 5.41) is 36.6. The average molecular weight is 210 g/mol. The van der Waals surface area contributed by atoms with Crippen LogP contribution in [0.25, 0.3) is 0 Å². The van der Waals surface area contributed by atoms with Gasteiger partial charge in [0.25, 0.3) is 0 Å². The number of aliphatic hydroxyl groups is 4. The predicted octanol–water partition coefficient (Wildman–Crippen LogP) is -1.85. The lowest BCUT2D eigenvalue weighted by atomic mass is 10.1. The Morgan fingerprint density at radius 2 is 2.00 bits per heavy atom. The van der Waals surface area contributed by atoms with Gasteiger partial charge in [-0.25, -0.2) is 0 Å². The summed E-state index contributed by atoms with van der Waals surface area (Å²) in [6, 6.07) is 0. The second kappa shape index (κ2) is 4.59. The Bertz CT molecular complexity index is 167. The SMILES string of the molecule is CS[C@@H]1O[C@H]([C@@H](O)CO)[C@H](O)[C@H]1O. The molecule has 5 nitrogen and oxygen atoms in total. The van der Waals surface area contributed by atoms with E-state index >= 15 is 0 Å². The van der Waals surface area contributed by atoms with E-state index in [0.29, 0.717) is 0 Å². The Hall–Kier alpha value is 0.150. The fourth-order valence-electron chi connectivity index (χ4n) is 1.29. The molecule has 1 aliphatic rings. The summed E-state index contributed by atoms with van der Waals surface area (Å²) in [4.78, 5) is 0. The minimum Gasteiger partial charge on any atom is -0.394 e. The first-order valence-corrected chi connectivity index (χ1v) is 5.24. The molecule has 0 spiro atoms. The fraction of sp³-hybridized carbons (Fsp3) is 1.00. The van der Waals surface area contributed by atoms with Crippen molar-refractivity contribution in [2.75, 3.05) is 12.9 Å². The zero-order chi connectivity index (χ0) is 10.0.